The van der Waals surface area contributed by atoms with Crippen LogP contribution >= 0.6 is 0 Å². The summed E-state index contributed by atoms with van der Waals surface area (Å²) in [5, 5.41) is 17.6. The van der Waals surface area contributed by atoms with Gasteiger partial charge < -0.3 is 14.9 Å². The second-order valence-corrected chi connectivity index (χ2v) is 6.28. The fraction of sp³-hybridized carbons (Fsp3) is 0.529. The zero-order valence-corrected chi connectivity index (χ0v) is 13.8. The van der Waals surface area contributed by atoms with Gasteiger partial charge in [0.25, 0.3) is 0 Å². The Labute approximate surface area is 140 Å². The van der Waals surface area contributed by atoms with Crippen molar-refractivity contribution in [2.45, 2.75) is 38.5 Å². The fourth-order valence-corrected chi connectivity index (χ4v) is 3.05. The SMILES string of the molecule is Cc1nc(CN2CCC[C@H](NC[C@H](O)c3ccc(F)cc3)C2)no1. The van der Waals surface area contributed by atoms with Gasteiger partial charge >= 0.3 is 0 Å². The van der Waals surface area contributed by atoms with Crippen LogP contribution < -0.4 is 5.32 Å². The first-order valence-corrected chi connectivity index (χ1v) is 8.28. The van der Waals surface area contributed by atoms with E-state index in [2.05, 4.69) is 20.4 Å². The number of hydrogen-bond acceptors (Lipinski definition) is 6. The fourth-order valence-electron chi connectivity index (χ4n) is 3.05. The molecule has 6 nitrogen and oxygen atoms in total. The van der Waals surface area contributed by atoms with Crippen LogP contribution in [0.5, 0.6) is 0 Å². The van der Waals surface area contributed by atoms with Crippen molar-refractivity contribution in [1.82, 2.24) is 20.4 Å². The van der Waals surface area contributed by atoms with Gasteiger partial charge in [-0.15, -0.1) is 0 Å². The number of aliphatic hydroxyl groups excluding tert-OH is 1. The Morgan fingerprint density at radius 1 is 1.42 bits per heavy atom. The van der Waals surface area contributed by atoms with Crippen LogP contribution in [-0.4, -0.2) is 45.8 Å². The summed E-state index contributed by atoms with van der Waals surface area (Å²) in [4.78, 5) is 6.53. The van der Waals surface area contributed by atoms with Gasteiger partial charge in [0.05, 0.1) is 12.6 Å². The first-order valence-electron chi connectivity index (χ1n) is 8.28. The number of rotatable bonds is 6. The molecule has 1 aromatic carbocycles. The monoisotopic (exact) mass is 334 g/mol. The Morgan fingerprint density at radius 3 is 2.92 bits per heavy atom. The lowest BCUT2D eigenvalue weighted by atomic mass is 10.0. The zero-order chi connectivity index (χ0) is 16.9. The third-order valence-electron chi connectivity index (χ3n) is 4.29. The van der Waals surface area contributed by atoms with E-state index < -0.39 is 6.10 Å². The summed E-state index contributed by atoms with van der Waals surface area (Å²) in [6, 6.07) is 6.28. The highest BCUT2D eigenvalue weighted by molar-refractivity contribution is 5.18. The van der Waals surface area contributed by atoms with Crippen LogP contribution in [0.1, 0.15) is 36.2 Å². The highest BCUT2D eigenvalue weighted by atomic mass is 19.1. The summed E-state index contributed by atoms with van der Waals surface area (Å²) in [5.41, 5.74) is 0.721. The van der Waals surface area contributed by atoms with E-state index in [0.717, 1.165) is 31.5 Å². The van der Waals surface area contributed by atoms with Crippen LogP contribution in [0.4, 0.5) is 4.39 Å². The quantitative estimate of drug-likeness (QED) is 0.839. The largest absolute Gasteiger partial charge is 0.387 e. The molecule has 1 saturated heterocycles. The number of aromatic nitrogens is 2. The Bertz CT molecular complexity index is 646. The summed E-state index contributed by atoms with van der Waals surface area (Å²) < 4.78 is 17.9. The zero-order valence-electron chi connectivity index (χ0n) is 13.8. The summed E-state index contributed by atoms with van der Waals surface area (Å²) in [7, 11) is 0. The number of aliphatic hydroxyl groups is 1. The molecule has 2 heterocycles. The molecule has 2 aromatic rings. The predicted octanol–water partition coefficient (Wildman–Crippen LogP) is 1.80. The summed E-state index contributed by atoms with van der Waals surface area (Å²) >= 11 is 0. The van der Waals surface area contributed by atoms with E-state index in [1.807, 2.05) is 0 Å². The molecule has 0 radical (unpaired) electrons. The number of likely N-dealkylation sites (tertiary alicyclic amines) is 1. The van der Waals surface area contributed by atoms with Gasteiger partial charge in [-0.1, -0.05) is 17.3 Å². The molecule has 1 fully saturated rings. The first kappa shape index (κ1) is 17.0. The molecule has 2 N–H and O–H groups in total. The lowest BCUT2D eigenvalue weighted by molar-refractivity contribution is 0.142. The van der Waals surface area contributed by atoms with E-state index >= 15 is 0 Å². The molecule has 0 bridgehead atoms. The number of benzene rings is 1. The van der Waals surface area contributed by atoms with Crippen LogP contribution in [0.2, 0.25) is 0 Å². The molecule has 3 rings (SSSR count). The molecule has 0 amide bonds. The van der Waals surface area contributed by atoms with E-state index in [9.17, 15) is 9.50 Å². The van der Waals surface area contributed by atoms with E-state index in [1.54, 1.807) is 19.1 Å². The molecule has 1 aliphatic rings. The van der Waals surface area contributed by atoms with Crippen molar-refractivity contribution in [3.05, 3.63) is 47.4 Å². The Hall–Kier alpha value is -1.83. The third kappa shape index (κ3) is 4.59. The first-order chi connectivity index (χ1) is 11.6. The number of nitrogens with one attached hydrogen (secondary N) is 1. The van der Waals surface area contributed by atoms with Crippen molar-refractivity contribution in [1.29, 1.82) is 0 Å². The van der Waals surface area contributed by atoms with Gasteiger partial charge in [0.1, 0.15) is 5.82 Å². The number of halogens is 1. The van der Waals surface area contributed by atoms with Gasteiger partial charge in [0.15, 0.2) is 5.82 Å². The van der Waals surface area contributed by atoms with E-state index in [0.29, 0.717) is 30.8 Å². The van der Waals surface area contributed by atoms with Gasteiger partial charge in [0.2, 0.25) is 5.89 Å². The number of piperidine rings is 1. The minimum absolute atomic E-state index is 0.293. The molecular formula is C17H23FN4O2. The maximum absolute atomic E-state index is 12.9. The lowest BCUT2D eigenvalue weighted by Crippen LogP contribution is -2.46. The average molecular weight is 334 g/mol. The van der Waals surface area contributed by atoms with E-state index in [1.165, 1.54) is 12.1 Å². The van der Waals surface area contributed by atoms with Crippen molar-refractivity contribution in [2.75, 3.05) is 19.6 Å². The highest BCUT2D eigenvalue weighted by Gasteiger charge is 2.22. The average Bonchev–Trinajstić information content (AvgIpc) is 2.98. The number of aryl methyl sites for hydroxylation is 1. The predicted molar refractivity (Wildman–Crippen MR) is 86.7 cm³/mol. The standard InChI is InChI=1S/C17H23FN4O2/c1-12-20-17(21-24-12)11-22-8-2-3-15(10-22)19-9-16(23)13-4-6-14(18)7-5-13/h4-7,15-16,19,23H,2-3,8-11H2,1H3/t15-,16-/m0/s1. The van der Waals surface area contributed by atoms with Crippen LogP contribution in [0.15, 0.2) is 28.8 Å². The Balaban J connectivity index is 1.47. The topological polar surface area (TPSA) is 74.4 Å². The van der Waals surface area contributed by atoms with E-state index in [-0.39, 0.29) is 5.82 Å². The summed E-state index contributed by atoms with van der Waals surface area (Å²) in [5.74, 6) is 0.997. The second kappa shape index (κ2) is 7.83. The molecule has 24 heavy (non-hydrogen) atoms. The van der Waals surface area contributed by atoms with Crippen molar-refractivity contribution >= 4 is 0 Å². The van der Waals surface area contributed by atoms with Crippen LogP contribution in [-0.2, 0) is 6.54 Å². The molecule has 0 aliphatic carbocycles. The van der Waals surface area contributed by atoms with Crippen molar-refractivity contribution in [2.24, 2.45) is 0 Å². The third-order valence-corrected chi connectivity index (χ3v) is 4.29. The number of hydrogen-bond donors (Lipinski definition) is 2. The Kier molecular flexibility index (Phi) is 5.55. The molecule has 1 aliphatic heterocycles. The van der Waals surface area contributed by atoms with Gasteiger partial charge in [-0.2, -0.15) is 4.98 Å². The van der Waals surface area contributed by atoms with Gasteiger partial charge in [-0.05, 0) is 37.1 Å². The minimum atomic E-state index is -0.638. The van der Waals surface area contributed by atoms with Gasteiger partial charge in [0, 0.05) is 26.1 Å². The molecule has 0 spiro atoms. The molecule has 0 unspecified atom stereocenters. The van der Waals surface area contributed by atoms with Crippen LogP contribution in [0, 0.1) is 12.7 Å². The normalized spacial score (nSPS) is 20.2. The minimum Gasteiger partial charge on any atom is -0.387 e. The summed E-state index contributed by atoms with van der Waals surface area (Å²) in [6.07, 6.45) is 1.51. The molecular weight excluding hydrogens is 311 g/mol. The van der Waals surface area contributed by atoms with Crippen LogP contribution in [0.3, 0.4) is 0 Å². The lowest BCUT2D eigenvalue weighted by Gasteiger charge is -2.33. The van der Waals surface area contributed by atoms with Crippen molar-refractivity contribution in [3.8, 4) is 0 Å². The van der Waals surface area contributed by atoms with Gasteiger partial charge in [-0.3, -0.25) is 4.90 Å². The molecule has 0 saturated carbocycles. The maximum atomic E-state index is 12.9. The summed E-state index contributed by atoms with van der Waals surface area (Å²) in [6.45, 7) is 4.80. The smallest absolute Gasteiger partial charge is 0.223 e. The molecule has 1 aromatic heterocycles. The maximum Gasteiger partial charge on any atom is 0.223 e. The van der Waals surface area contributed by atoms with Crippen molar-refractivity contribution < 1.29 is 14.0 Å². The Morgan fingerprint density at radius 2 is 2.21 bits per heavy atom. The molecule has 7 heteroatoms. The van der Waals surface area contributed by atoms with E-state index in [4.69, 9.17) is 4.52 Å². The molecule has 2 atom stereocenters. The molecule has 130 valence electrons. The highest BCUT2D eigenvalue weighted by Crippen LogP contribution is 2.16. The van der Waals surface area contributed by atoms with Crippen LogP contribution in [0.25, 0.3) is 0 Å². The number of nitrogens with zero attached hydrogens (tertiary/aromatic N) is 3. The van der Waals surface area contributed by atoms with Gasteiger partial charge in [-0.25, -0.2) is 4.39 Å². The second-order valence-electron chi connectivity index (χ2n) is 6.28. The van der Waals surface area contributed by atoms with Crippen molar-refractivity contribution in [3.63, 3.8) is 0 Å².